The van der Waals surface area contributed by atoms with E-state index in [1.54, 1.807) is 4.90 Å². The Kier molecular flexibility index (Phi) is 7.73. The summed E-state index contributed by atoms with van der Waals surface area (Å²) in [6, 6.07) is 2.17. The molecule has 7 heteroatoms. The van der Waals surface area contributed by atoms with Gasteiger partial charge in [-0.15, -0.1) is 11.3 Å². The number of thiophene rings is 1. The first-order valence-electron chi connectivity index (χ1n) is 8.79. The minimum atomic E-state index is -0.438. The molecule has 0 aromatic carbocycles. The lowest BCUT2D eigenvalue weighted by atomic mass is 10.1. The van der Waals surface area contributed by atoms with Crippen LogP contribution in [0.4, 0.5) is 4.79 Å². The van der Waals surface area contributed by atoms with Crippen molar-refractivity contribution in [1.29, 1.82) is 0 Å². The van der Waals surface area contributed by atoms with Crippen molar-refractivity contribution in [1.82, 2.24) is 10.2 Å². The van der Waals surface area contributed by atoms with Crippen molar-refractivity contribution in [3.63, 3.8) is 0 Å². The summed E-state index contributed by atoms with van der Waals surface area (Å²) in [6.45, 7) is 11.6. The first-order valence-corrected chi connectivity index (χ1v) is 10.4. The number of piperidine rings is 1. The number of amides is 1. The second kappa shape index (κ2) is 9.35. The van der Waals surface area contributed by atoms with Gasteiger partial charge in [0.15, 0.2) is 0 Å². The van der Waals surface area contributed by atoms with E-state index in [0.29, 0.717) is 19.7 Å². The van der Waals surface area contributed by atoms with Crippen LogP contribution >= 0.6 is 27.3 Å². The Hall–Kier alpha value is -0.630. The van der Waals surface area contributed by atoms with E-state index in [-0.39, 0.29) is 12.2 Å². The van der Waals surface area contributed by atoms with Crippen LogP contribution in [0.25, 0.3) is 0 Å². The third-order valence-corrected chi connectivity index (χ3v) is 6.07. The van der Waals surface area contributed by atoms with Gasteiger partial charge in [0.05, 0.1) is 12.7 Å². The van der Waals surface area contributed by atoms with E-state index in [0.717, 1.165) is 25.9 Å². The number of carbonyl (C=O) groups excluding carboxylic acids is 1. The highest BCUT2D eigenvalue weighted by Gasteiger charge is 2.26. The molecule has 1 fully saturated rings. The topological polar surface area (TPSA) is 50.8 Å². The summed E-state index contributed by atoms with van der Waals surface area (Å²) in [5.41, 5.74) is -0.438. The van der Waals surface area contributed by atoms with E-state index in [1.807, 2.05) is 32.1 Å². The van der Waals surface area contributed by atoms with E-state index in [9.17, 15) is 4.79 Å². The molecule has 0 spiro atoms. The fourth-order valence-electron chi connectivity index (χ4n) is 2.65. The summed E-state index contributed by atoms with van der Waals surface area (Å²) in [5.74, 6) is 0. The van der Waals surface area contributed by atoms with Crippen molar-refractivity contribution < 1.29 is 14.3 Å². The number of ether oxygens (including phenoxy) is 2. The van der Waals surface area contributed by atoms with Crippen molar-refractivity contribution in [2.24, 2.45) is 0 Å². The molecule has 25 heavy (non-hydrogen) atoms. The standard InChI is InChI=1S/C18H29BrN2O3S/c1-13-16(19)11-15(25-13)12-20-7-10-23-14-5-8-21(9-6-14)17(22)24-18(2,3)4/h11,14,20H,5-10,12H2,1-4H3. The molecule has 0 saturated carbocycles. The highest BCUT2D eigenvalue weighted by atomic mass is 79.9. The van der Waals surface area contributed by atoms with Crippen LogP contribution in [-0.2, 0) is 16.0 Å². The molecule has 1 amide bonds. The number of likely N-dealkylation sites (tertiary alicyclic amines) is 1. The van der Waals surface area contributed by atoms with Gasteiger partial charge in [-0.2, -0.15) is 0 Å². The summed E-state index contributed by atoms with van der Waals surface area (Å²) in [7, 11) is 0. The number of nitrogens with zero attached hydrogens (tertiary/aromatic N) is 1. The van der Waals surface area contributed by atoms with Gasteiger partial charge in [0.25, 0.3) is 0 Å². The summed E-state index contributed by atoms with van der Waals surface area (Å²) in [5, 5.41) is 3.41. The highest BCUT2D eigenvalue weighted by Crippen LogP contribution is 2.26. The normalized spacial score (nSPS) is 16.3. The van der Waals surface area contributed by atoms with Gasteiger partial charge in [0.1, 0.15) is 5.60 Å². The van der Waals surface area contributed by atoms with E-state index in [2.05, 4.69) is 34.2 Å². The Balaban J connectivity index is 1.57. The first kappa shape index (κ1) is 20.7. The fraction of sp³-hybridized carbons (Fsp3) is 0.722. The third kappa shape index (κ3) is 7.25. The van der Waals surface area contributed by atoms with Crippen LogP contribution in [0.1, 0.15) is 43.4 Å². The van der Waals surface area contributed by atoms with E-state index >= 15 is 0 Å². The average Bonchev–Trinajstić information content (AvgIpc) is 2.84. The number of nitrogens with one attached hydrogen (secondary N) is 1. The summed E-state index contributed by atoms with van der Waals surface area (Å²) in [4.78, 5) is 16.4. The minimum Gasteiger partial charge on any atom is -0.444 e. The quantitative estimate of drug-likeness (QED) is 0.679. The predicted molar refractivity (Wildman–Crippen MR) is 105 cm³/mol. The van der Waals surface area contributed by atoms with Crippen LogP contribution < -0.4 is 5.32 Å². The maximum atomic E-state index is 12.0. The van der Waals surface area contributed by atoms with Gasteiger partial charge in [0.2, 0.25) is 0 Å². The maximum Gasteiger partial charge on any atom is 0.410 e. The predicted octanol–water partition coefficient (Wildman–Crippen LogP) is 4.32. The molecular weight excluding hydrogens is 404 g/mol. The van der Waals surface area contributed by atoms with Crippen molar-refractivity contribution in [3.8, 4) is 0 Å². The number of carbonyl (C=O) groups is 1. The van der Waals surface area contributed by atoms with Crippen LogP contribution in [0.2, 0.25) is 0 Å². The van der Waals surface area contributed by atoms with Gasteiger partial charge < -0.3 is 19.7 Å². The number of hydrogen-bond acceptors (Lipinski definition) is 5. The Bertz CT molecular complexity index is 544. The van der Waals surface area contributed by atoms with Gasteiger partial charge >= 0.3 is 6.09 Å². The first-order chi connectivity index (χ1) is 11.7. The lowest BCUT2D eigenvalue weighted by Crippen LogP contribution is -2.43. The Labute approximate surface area is 163 Å². The van der Waals surface area contributed by atoms with Crippen molar-refractivity contribution in [3.05, 3.63) is 20.3 Å². The zero-order valence-electron chi connectivity index (χ0n) is 15.6. The van der Waals surface area contributed by atoms with Crippen LogP contribution in [-0.4, -0.2) is 48.9 Å². The van der Waals surface area contributed by atoms with Crippen LogP contribution in [0.3, 0.4) is 0 Å². The summed E-state index contributed by atoms with van der Waals surface area (Å²) >= 11 is 5.35. The average molecular weight is 433 g/mol. The fourth-order valence-corrected chi connectivity index (χ4v) is 4.22. The smallest absolute Gasteiger partial charge is 0.410 e. The van der Waals surface area contributed by atoms with Crippen molar-refractivity contribution in [2.45, 2.75) is 58.8 Å². The maximum absolute atomic E-state index is 12.0. The molecule has 1 N–H and O–H groups in total. The zero-order valence-corrected chi connectivity index (χ0v) is 18.0. The molecule has 0 radical (unpaired) electrons. The molecule has 2 rings (SSSR count). The molecule has 1 aliphatic heterocycles. The summed E-state index contributed by atoms with van der Waals surface area (Å²) < 4.78 is 12.5. The molecule has 1 aromatic heterocycles. The zero-order chi connectivity index (χ0) is 18.4. The van der Waals surface area contributed by atoms with Crippen molar-refractivity contribution >= 4 is 33.4 Å². The molecule has 1 saturated heterocycles. The van der Waals surface area contributed by atoms with Gasteiger partial charge in [0, 0.05) is 40.4 Å². The number of hydrogen-bond donors (Lipinski definition) is 1. The molecule has 2 heterocycles. The second-order valence-corrected chi connectivity index (χ2v) is 9.53. The molecule has 5 nitrogen and oxygen atoms in total. The van der Waals surface area contributed by atoms with E-state index in [4.69, 9.17) is 9.47 Å². The minimum absolute atomic E-state index is 0.218. The number of halogens is 1. The monoisotopic (exact) mass is 432 g/mol. The number of rotatable bonds is 6. The molecule has 0 bridgehead atoms. The van der Waals surface area contributed by atoms with Gasteiger partial charge in [-0.1, -0.05) is 0 Å². The highest BCUT2D eigenvalue weighted by molar-refractivity contribution is 9.10. The molecule has 0 unspecified atom stereocenters. The van der Waals surface area contributed by atoms with Gasteiger partial charge in [-0.05, 0) is 62.5 Å². The second-order valence-electron chi connectivity index (χ2n) is 7.33. The SMILES string of the molecule is Cc1sc(CNCCOC2CCN(C(=O)OC(C)(C)C)CC2)cc1Br. The van der Waals surface area contributed by atoms with Crippen LogP contribution in [0, 0.1) is 6.92 Å². The van der Waals surface area contributed by atoms with Crippen LogP contribution in [0.15, 0.2) is 10.5 Å². The van der Waals surface area contributed by atoms with Crippen LogP contribution in [0.5, 0.6) is 0 Å². The Morgan fingerprint density at radius 3 is 2.64 bits per heavy atom. The number of aryl methyl sites for hydroxylation is 1. The third-order valence-electron chi connectivity index (χ3n) is 3.93. The van der Waals surface area contributed by atoms with E-state index in [1.165, 1.54) is 14.2 Å². The molecule has 142 valence electrons. The summed E-state index contributed by atoms with van der Waals surface area (Å²) in [6.07, 6.45) is 1.76. The van der Waals surface area contributed by atoms with E-state index < -0.39 is 5.60 Å². The van der Waals surface area contributed by atoms with Gasteiger partial charge in [-0.3, -0.25) is 0 Å². The lowest BCUT2D eigenvalue weighted by Gasteiger charge is -2.33. The molecule has 0 aliphatic carbocycles. The van der Waals surface area contributed by atoms with Gasteiger partial charge in [-0.25, -0.2) is 4.79 Å². The Morgan fingerprint density at radius 2 is 2.08 bits per heavy atom. The molecule has 0 atom stereocenters. The molecular formula is C18H29BrN2O3S. The molecule has 1 aromatic rings. The lowest BCUT2D eigenvalue weighted by molar-refractivity contribution is -0.0104. The van der Waals surface area contributed by atoms with Crippen molar-refractivity contribution in [2.75, 3.05) is 26.2 Å². The molecule has 1 aliphatic rings. The Morgan fingerprint density at radius 1 is 1.40 bits per heavy atom. The largest absolute Gasteiger partial charge is 0.444 e.